The second-order valence-corrected chi connectivity index (χ2v) is 7.09. The number of rotatable bonds is 2. The van der Waals surface area contributed by atoms with Gasteiger partial charge in [-0.05, 0) is 31.2 Å². The van der Waals surface area contributed by atoms with Crippen LogP contribution in [0.2, 0.25) is 0 Å². The van der Waals surface area contributed by atoms with E-state index in [0.717, 1.165) is 0 Å². The van der Waals surface area contributed by atoms with Gasteiger partial charge in [0.25, 0.3) is 10.0 Å². The summed E-state index contributed by atoms with van der Waals surface area (Å²) in [4.78, 5) is 13.9. The third-order valence-electron chi connectivity index (χ3n) is 3.72. The summed E-state index contributed by atoms with van der Waals surface area (Å²) in [5.41, 5.74) is 1.29. The van der Waals surface area contributed by atoms with E-state index >= 15 is 0 Å². The van der Waals surface area contributed by atoms with Crippen LogP contribution in [0.4, 0.5) is 17.1 Å². The van der Waals surface area contributed by atoms with Gasteiger partial charge in [0.1, 0.15) is 10.8 Å². The average Bonchev–Trinajstić information content (AvgIpc) is 2.64. The van der Waals surface area contributed by atoms with Gasteiger partial charge in [0.15, 0.2) is 0 Å². The lowest BCUT2D eigenvalue weighted by molar-refractivity contribution is -0.115. The molecule has 7 heteroatoms. The maximum Gasteiger partial charge on any atom is 0.266 e. The van der Waals surface area contributed by atoms with E-state index in [1.54, 1.807) is 49.4 Å². The smallest absolute Gasteiger partial charge is 0.266 e. The molecular weight excluding hydrogens is 336 g/mol. The number of halogens is 1. The largest absolute Gasteiger partial charge is 0.276 e. The fourth-order valence-electron chi connectivity index (χ4n) is 2.77. The van der Waals surface area contributed by atoms with Crippen LogP contribution in [0.25, 0.3) is 0 Å². The first-order valence-electron chi connectivity index (χ1n) is 7.12. The van der Waals surface area contributed by atoms with Gasteiger partial charge in [-0.25, -0.2) is 8.42 Å². The first-order chi connectivity index (χ1) is 11.0. The first kappa shape index (κ1) is 15.8. The van der Waals surface area contributed by atoms with Crippen LogP contribution < -0.4 is 9.21 Å². The van der Waals surface area contributed by atoms with Gasteiger partial charge in [-0.2, -0.15) is 0 Å². The molecule has 0 atom stereocenters. The number of anilines is 3. The molecule has 1 aliphatic rings. The number of sulfonamides is 1. The average molecular weight is 351 g/mol. The summed E-state index contributed by atoms with van der Waals surface area (Å²) in [6.07, 6.45) is 0. The quantitative estimate of drug-likeness (QED) is 0.782. The van der Waals surface area contributed by atoms with Crippen molar-refractivity contribution in [3.63, 3.8) is 0 Å². The van der Waals surface area contributed by atoms with Crippen molar-refractivity contribution in [3.8, 4) is 0 Å². The summed E-state index contributed by atoms with van der Waals surface area (Å²) >= 11 is 5.76. The lowest BCUT2D eigenvalue weighted by Crippen LogP contribution is -2.30. The Morgan fingerprint density at radius 1 is 1.00 bits per heavy atom. The molecule has 2 aromatic rings. The minimum Gasteiger partial charge on any atom is -0.276 e. The monoisotopic (exact) mass is 350 g/mol. The standard InChI is InChI=1S/C16H15ClN2O3S/c1-2-18-12-7-3-4-8-13(12)19(16(20)11-17)14-9-5-6-10-15(14)23(18,21)22/h3-10H,2,11H2,1H3. The highest BCUT2D eigenvalue weighted by atomic mass is 35.5. The van der Waals surface area contributed by atoms with E-state index in [1.807, 2.05) is 0 Å². The van der Waals surface area contributed by atoms with Crippen molar-refractivity contribution in [2.24, 2.45) is 0 Å². The molecule has 0 aliphatic carbocycles. The Bertz CT molecular complexity index is 867. The molecule has 0 aromatic heterocycles. The molecule has 120 valence electrons. The van der Waals surface area contributed by atoms with Gasteiger partial charge in [0.05, 0.1) is 17.1 Å². The summed E-state index contributed by atoms with van der Waals surface area (Å²) in [6, 6.07) is 13.4. The molecule has 1 amide bonds. The fraction of sp³-hybridized carbons (Fsp3) is 0.188. The Balaban J connectivity index is 2.43. The SMILES string of the molecule is CCN1c2ccccc2N(C(=O)CCl)c2ccccc2S1(=O)=O. The predicted molar refractivity (Wildman–Crippen MR) is 91.0 cm³/mol. The number of carbonyl (C=O) groups excluding carboxylic acids is 1. The topological polar surface area (TPSA) is 57.7 Å². The second kappa shape index (κ2) is 5.86. The minimum atomic E-state index is -3.76. The van der Waals surface area contributed by atoms with Gasteiger partial charge in [0.2, 0.25) is 5.91 Å². The van der Waals surface area contributed by atoms with E-state index in [9.17, 15) is 13.2 Å². The molecule has 0 N–H and O–H groups in total. The molecule has 5 nitrogen and oxygen atoms in total. The highest BCUT2D eigenvalue weighted by Gasteiger charge is 2.36. The molecule has 2 aromatic carbocycles. The van der Waals surface area contributed by atoms with Gasteiger partial charge in [-0.15, -0.1) is 11.6 Å². The maximum absolute atomic E-state index is 13.0. The molecule has 3 rings (SSSR count). The van der Waals surface area contributed by atoms with E-state index in [4.69, 9.17) is 11.6 Å². The Labute approximate surface area is 140 Å². The van der Waals surface area contributed by atoms with Gasteiger partial charge in [0, 0.05) is 6.54 Å². The molecular formula is C16H15ClN2O3S. The molecule has 0 saturated heterocycles. The molecule has 0 unspecified atom stereocenters. The van der Waals surface area contributed by atoms with Crippen LogP contribution in [0.5, 0.6) is 0 Å². The van der Waals surface area contributed by atoms with Crippen LogP contribution in [0.1, 0.15) is 6.92 Å². The van der Waals surface area contributed by atoms with Gasteiger partial charge < -0.3 is 0 Å². The van der Waals surface area contributed by atoms with Crippen molar-refractivity contribution >= 4 is 44.6 Å². The number of para-hydroxylation sites is 3. The molecule has 0 bridgehead atoms. The fourth-order valence-corrected chi connectivity index (χ4v) is 4.56. The molecule has 0 spiro atoms. The molecule has 1 heterocycles. The number of benzene rings is 2. The van der Waals surface area contributed by atoms with E-state index in [1.165, 1.54) is 15.3 Å². The molecule has 0 radical (unpaired) electrons. The number of hydrogen-bond acceptors (Lipinski definition) is 3. The van der Waals surface area contributed by atoms with Crippen LogP contribution in [0, 0.1) is 0 Å². The Hall–Kier alpha value is -2.05. The summed E-state index contributed by atoms with van der Waals surface area (Å²) < 4.78 is 27.4. The van der Waals surface area contributed by atoms with E-state index in [0.29, 0.717) is 17.1 Å². The van der Waals surface area contributed by atoms with Gasteiger partial charge in [-0.3, -0.25) is 14.0 Å². The van der Waals surface area contributed by atoms with Crippen molar-refractivity contribution < 1.29 is 13.2 Å². The molecule has 0 saturated carbocycles. The van der Waals surface area contributed by atoms with Crippen LogP contribution in [-0.4, -0.2) is 26.7 Å². The second-order valence-electron chi connectivity index (χ2n) is 4.99. The van der Waals surface area contributed by atoms with E-state index in [-0.39, 0.29) is 23.2 Å². The number of hydrogen-bond donors (Lipinski definition) is 0. The normalized spacial score (nSPS) is 15.6. The summed E-state index contributed by atoms with van der Waals surface area (Å²) in [7, 11) is -3.76. The zero-order valence-electron chi connectivity index (χ0n) is 12.4. The number of carbonyl (C=O) groups is 1. The van der Waals surface area contributed by atoms with Crippen LogP contribution in [0.15, 0.2) is 53.4 Å². The molecule has 0 fully saturated rings. The third kappa shape index (κ3) is 2.38. The van der Waals surface area contributed by atoms with E-state index in [2.05, 4.69) is 0 Å². The summed E-state index contributed by atoms with van der Waals surface area (Å²) in [6.45, 7) is 2.02. The zero-order valence-corrected chi connectivity index (χ0v) is 14.0. The third-order valence-corrected chi connectivity index (χ3v) is 5.88. The van der Waals surface area contributed by atoms with Crippen molar-refractivity contribution in [2.75, 3.05) is 21.6 Å². The molecule has 23 heavy (non-hydrogen) atoms. The van der Waals surface area contributed by atoms with Gasteiger partial charge >= 0.3 is 0 Å². The Kier molecular flexibility index (Phi) is 4.04. The number of fused-ring (bicyclic) bond motifs is 2. The van der Waals surface area contributed by atoms with Crippen LogP contribution >= 0.6 is 11.6 Å². The number of amides is 1. The number of nitrogens with zero attached hydrogens (tertiary/aromatic N) is 2. The number of alkyl halides is 1. The maximum atomic E-state index is 13.0. The lowest BCUT2D eigenvalue weighted by atomic mass is 10.2. The zero-order chi connectivity index (χ0) is 16.6. The van der Waals surface area contributed by atoms with E-state index < -0.39 is 10.0 Å². The summed E-state index contributed by atoms with van der Waals surface area (Å²) in [5, 5.41) is 0. The van der Waals surface area contributed by atoms with Crippen molar-refractivity contribution in [1.82, 2.24) is 0 Å². The lowest BCUT2D eigenvalue weighted by Gasteiger charge is -2.24. The molecule has 1 aliphatic heterocycles. The summed E-state index contributed by atoms with van der Waals surface area (Å²) in [5.74, 6) is -0.616. The van der Waals surface area contributed by atoms with Crippen LogP contribution in [-0.2, 0) is 14.8 Å². The van der Waals surface area contributed by atoms with Crippen molar-refractivity contribution in [2.45, 2.75) is 11.8 Å². The highest BCUT2D eigenvalue weighted by molar-refractivity contribution is 7.93. The highest BCUT2D eigenvalue weighted by Crippen LogP contribution is 2.43. The Morgan fingerprint density at radius 2 is 1.57 bits per heavy atom. The van der Waals surface area contributed by atoms with Gasteiger partial charge in [-0.1, -0.05) is 24.3 Å². The van der Waals surface area contributed by atoms with Crippen LogP contribution in [0.3, 0.4) is 0 Å². The first-order valence-corrected chi connectivity index (χ1v) is 9.09. The minimum absolute atomic E-state index is 0.0940. The van der Waals surface area contributed by atoms with Crippen molar-refractivity contribution in [3.05, 3.63) is 48.5 Å². The van der Waals surface area contributed by atoms with Crippen molar-refractivity contribution in [1.29, 1.82) is 0 Å². The predicted octanol–water partition coefficient (Wildman–Crippen LogP) is 3.12. The Morgan fingerprint density at radius 3 is 2.17 bits per heavy atom.